The van der Waals surface area contributed by atoms with Gasteiger partial charge in [-0.1, -0.05) is 12.1 Å². The van der Waals surface area contributed by atoms with Crippen molar-refractivity contribution in [2.24, 2.45) is 5.92 Å². The van der Waals surface area contributed by atoms with Crippen molar-refractivity contribution in [3.05, 3.63) is 65.4 Å². The summed E-state index contributed by atoms with van der Waals surface area (Å²) < 4.78 is 7.36. The first-order chi connectivity index (χ1) is 14.9. The molecule has 2 aromatic carbocycles. The lowest BCUT2D eigenvalue weighted by atomic mass is 10.1. The van der Waals surface area contributed by atoms with E-state index >= 15 is 0 Å². The van der Waals surface area contributed by atoms with Gasteiger partial charge in [0.15, 0.2) is 6.61 Å². The Bertz CT molecular complexity index is 1110. The summed E-state index contributed by atoms with van der Waals surface area (Å²) in [5.41, 5.74) is 4.60. The van der Waals surface area contributed by atoms with Gasteiger partial charge in [0.25, 0.3) is 5.91 Å². The van der Waals surface area contributed by atoms with Crippen LogP contribution in [-0.4, -0.2) is 28.2 Å². The van der Waals surface area contributed by atoms with Gasteiger partial charge >= 0.3 is 0 Å². The molecule has 1 heterocycles. The van der Waals surface area contributed by atoms with Crippen LogP contribution in [0.2, 0.25) is 0 Å². The average Bonchev–Trinajstić information content (AvgIpc) is 3.49. The van der Waals surface area contributed by atoms with Crippen molar-refractivity contribution in [1.29, 1.82) is 0 Å². The third-order valence-corrected chi connectivity index (χ3v) is 4.97. The zero-order chi connectivity index (χ0) is 22.0. The molecule has 1 aliphatic carbocycles. The maximum absolute atomic E-state index is 12.5. The van der Waals surface area contributed by atoms with E-state index in [9.17, 15) is 9.59 Å². The fraction of sp³-hybridized carbons (Fsp3) is 0.292. The highest BCUT2D eigenvalue weighted by Crippen LogP contribution is 2.30. The minimum Gasteiger partial charge on any atom is -0.484 e. The molecule has 0 radical (unpaired) electrons. The van der Waals surface area contributed by atoms with E-state index in [2.05, 4.69) is 21.8 Å². The van der Waals surface area contributed by atoms with Crippen LogP contribution in [0.25, 0.3) is 5.69 Å². The van der Waals surface area contributed by atoms with Gasteiger partial charge < -0.3 is 15.4 Å². The Morgan fingerprint density at radius 3 is 2.48 bits per heavy atom. The van der Waals surface area contributed by atoms with Crippen LogP contribution in [0.1, 0.15) is 29.7 Å². The highest BCUT2D eigenvalue weighted by Gasteiger charge is 2.29. The number of hydrogen-bond acceptors (Lipinski definition) is 4. The molecule has 0 saturated heterocycles. The number of anilines is 2. The summed E-state index contributed by atoms with van der Waals surface area (Å²) >= 11 is 0. The molecule has 1 aromatic heterocycles. The standard InChI is InChI=1S/C24H26N4O3/c1-15-9-16(2)11-20(10-15)28-22(12-17(3)27-28)26-23(29)14-31-21-6-4-5-19(13-21)25-24(30)18-7-8-18/h4-6,9-13,18H,7-8,14H2,1-3H3,(H,25,30)(H,26,29). The number of nitrogens with zero attached hydrogens (tertiary/aromatic N) is 2. The van der Waals surface area contributed by atoms with E-state index in [1.54, 1.807) is 28.9 Å². The van der Waals surface area contributed by atoms with Gasteiger partial charge in [0.2, 0.25) is 5.91 Å². The van der Waals surface area contributed by atoms with Crippen LogP contribution in [0.5, 0.6) is 5.75 Å². The lowest BCUT2D eigenvalue weighted by Gasteiger charge is -2.12. The van der Waals surface area contributed by atoms with Crippen molar-refractivity contribution >= 4 is 23.3 Å². The molecule has 2 N–H and O–H groups in total. The molecule has 0 aliphatic heterocycles. The van der Waals surface area contributed by atoms with Crippen LogP contribution in [0.15, 0.2) is 48.5 Å². The molecule has 0 unspecified atom stereocenters. The molecule has 4 rings (SSSR count). The van der Waals surface area contributed by atoms with Gasteiger partial charge in [0.1, 0.15) is 11.6 Å². The molecule has 0 atom stereocenters. The molecule has 160 valence electrons. The lowest BCUT2D eigenvalue weighted by Crippen LogP contribution is -2.22. The van der Waals surface area contributed by atoms with E-state index in [0.717, 1.165) is 35.3 Å². The highest BCUT2D eigenvalue weighted by molar-refractivity contribution is 5.94. The number of carbonyl (C=O) groups excluding carboxylic acids is 2. The fourth-order valence-electron chi connectivity index (χ4n) is 3.44. The van der Waals surface area contributed by atoms with Gasteiger partial charge in [-0.3, -0.25) is 9.59 Å². The normalized spacial score (nSPS) is 13.0. The van der Waals surface area contributed by atoms with E-state index in [0.29, 0.717) is 17.3 Å². The van der Waals surface area contributed by atoms with Gasteiger partial charge in [0.05, 0.1) is 11.4 Å². The summed E-state index contributed by atoms with van der Waals surface area (Å²) in [6.07, 6.45) is 1.89. The van der Waals surface area contributed by atoms with Gasteiger partial charge in [-0.25, -0.2) is 4.68 Å². The number of benzene rings is 2. The van der Waals surface area contributed by atoms with Crippen LogP contribution in [-0.2, 0) is 9.59 Å². The second-order valence-electron chi connectivity index (χ2n) is 8.06. The molecular weight excluding hydrogens is 392 g/mol. The Morgan fingerprint density at radius 2 is 1.77 bits per heavy atom. The summed E-state index contributed by atoms with van der Waals surface area (Å²) in [6, 6.07) is 15.0. The number of carbonyl (C=O) groups is 2. The number of rotatable bonds is 7. The number of amides is 2. The smallest absolute Gasteiger partial charge is 0.263 e. The van der Waals surface area contributed by atoms with Crippen LogP contribution in [0.3, 0.4) is 0 Å². The number of aromatic nitrogens is 2. The number of hydrogen-bond donors (Lipinski definition) is 2. The van der Waals surface area contributed by atoms with E-state index in [1.807, 2.05) is 39.0 Å². The Morgan fingerprint density at radius 1 is 1.03 bits per heavy atom. The van der Waals surface area contributed by atoms with Gasteiger partial charge in [-0.15, -0.1) is 0 Å². The summed E-state index contributed by atoms with van der Waals surface area (Å²) in [6.45, 7) is 5.78. The molecule has 2 amide bonds. The van der Waals surface area contributed by atoms with Crippen molar-refractivity contribution in [3.8, 4) is 11.4 Å². The summed E-state index contributed by atoms with van der Waals surface area (Å²) in [4.78, 5) is 24.4. The monoisotopic (exact) mass is 418 g/mol. The van der Waals surface area contributed by atoms with Crippen molar-refractivity contribution in [1.82, 2.24) is 9.78 Å². The molecule has 7 nitrogen and oxygen atoms in total. The highest BCUT2D eigenvalue weighted by atomic mass is 16.5. The van der Waals surface area contributed by atoms with Gasteiger partial charge in [-0.2, -0.15) is 5.10 Å². The largest absolute Gasteiger partial charge is 0.484 e. The number of nitrogens with one attached hydrogen (secondary N) is 2. The van der Waals surface area contributed by atoms with Crippen LogP contribution in [0.4, 0.5) is 11.5 Å². The Balaban J connectivity index is 1.40. The Labute approximate surface area is 181 Å². The van der Waals surface area contributed by atoms with Gasteiger partial charge in [-0.05, 0) is 69.0 Å². The zero-order valence-corrected chi connectivity index (χ0v) is 17.9. The molecular formula is C24H26N4O3. The van der Waals surface area contributed by atoms with E-state index in [1.165, 1.54) is 0 Å². The lowest BCUT2D eigenvalue weighted by molar-refractivity contribution is -0.118. The summed E-state index contributed by atoms with van der Waals surface area (Å²) in [5.74, 6) is 0.966. The third kappa shape index (κ3) is 5.31. The van der Waals surface area contributed by atoms with Crippen molar-refractivity contribution in [3.63, 3.8) is 0 Å². The molecule has 3 aromatic rings. The zero-order valence-electron chi connectivity index (χ0n) is 17.9. The fourth-order valence-corrected chi connectivity index (χ4v) is 3.44. The number of aryl methyl sites for hydroxylation is 3. The van der Waals surface area contributed by atoms with Crippen LogP contribution in [0, 0.1) is 26.7 Å². The molecule has 1 aliphatic rings. The Kier molecular flexibility index (Phi) is 5.75. The van der Waals surface area contributed by atoms with E-state index < -0.39 is 0 Å². The second kappa shape index (κ2) is 8.63. The maximum Gasteiger partial charge on any atom is 0.263 e. The molecule has 1 saturated carbocycles. The SMILES string of the molecule is Cc1cc(C)cc(-n2nc(C)cc2NC(=O)COc2cccc(NC(=O)C3CC3)c2)c1. The molecule has 0 bridgehead atoms. The Hall–Kier alpha value is -3.61. The van der Waals surface area contributed by atoms with E-state index in [-0.39, 0.29) is 24.3 Å². The quantitative estimate of drug-likeness (QED) is 0.603. The average molecular weight is 418 g/mol. The van der Waals surface area contributed by atoms with Crippen LogP contribution >= 0.6 is 0 Å². The molecule has 7 heteroatoms. The van der Waals surface area contributed by atoms with Crippen molar-refractivity contribution in [2.75, 3.05) is 17.2 Å². The maximum atomic E-state index is 12.5. The first kappa shape index (κ1) is 20.7. The second-order valence-corrected chi connectivity index (χ2v) is 8.06. The first-order valence-corrected chi connectivity index (χ1v) is 10.4. The summed E-state index contributed by atoms with van der Waals surface area (Å²) in [7, 11) is 0. The van der Waals surface area contributed by atoms with E-state index in [4.69, 9.17) is 4.74 Å². The van der Waals surface area contributed by atoms with Crippen molar-refractivity contribution < 1.29 is 14.3 Å². The minimum atomic E-state index is -0.294. The van der Waals surface area contributed by atoms with Gasteiger partial charge in [0, 0.05) is 23.7 Å². The van der Waals surface area contributed by atoms with Crippen molar-refractivity contribution in [2.45, 2.75) is 33.6 Å². The predicted octanol–water partition coefficient (Wildman–Crippen LogP) is 4.16. The third-order valence-electron chi connectivity index (χ3n) is 4.97. The number of ether oxygens (including phenoxy) is 1. The van der Waals surface area contributed by atoms with Crippen LogP contribution < -0.4 is 15.4 Å². The molecule has 0 spiro atoms. The summed E-state index contributed by atoms with van der Waals surface area (Å²) in [5, 5.41) is 10.3. The molecule has 1 fully saturated rings. The molecule has 31 heavy (non-hydrogen) atoms. The topological polar surface area (TPSA) is 85.2 Å². The predicted molar refractivity (Wildman–Crippen MR) is 120 cm³/mol. The first-order valence-electron chi connectivity index (χ1n) is 10.4. The minimum absolute atomic E-state index is 0.0323.